The average molecular weight is 669 g/mol. The van der Waals surface area contributed by atoms with Crippen molar-refractivity contribution >= 4 is 67.7 Å². The summed E-state index contributed by atoms with van der Waals surface area (Å²) in [7, 11) is 0. The number of hydrogen-bond donors (Lipinski definition) is 0. The number of benzene rings is 6. The first kappa shape index (κ1) is 29.1. The molecule has 11 rings (SSSR count). The molecule has 5 heteroatoms. The molecule has 2 aliphatic heterocycles. The molecule has 0 saturated heterocycles. The number of hydrogen-bond acceptors (Lipinski definition) is 5. The lowest BCUT2D eigenvalue weighted by Crippen LogP contribution is -2.25. The summed E-state index contributed by atoms with van der Waals surface area (Å²) in [4.78, 5) is 14.8. The van der Waals surface area contributed by atoms with Crippen molar-refractivity contribution in [1.82, 2.24) is 9.97 Å². The zero-order chi connectivity index (χ0) is 34.2. The van der Waals surface area contributed by atoms with Crippen LogP contribution in [0, 0.1) is 0 Å². The third-order valence-corrected chi connectivity index (χ3v) is 10.8. The Morgan fingerprint density at radius 3 is 2.33 bits per heavy atom. The van der Waals surface area contributed by atoms with Crippen molar-refractivity contribution in [1.29, 1.82) is 0 Å². The minimum atomic E-state index is 0.598. The van der Waals surface area contributed by atoms with Crippen molar-refractivity contribution in [3.05, 3.63) is 180 Å². The van der Waals surface area contributed by atoms with Gasteiger partial charge in [0.1, 0.15) is 11.3 Å². The van der Waals surface area contributed by atoms with Crippen LogP contribution in [0.2, 0.25) is 0 Å². The molecule has 5 nitrogen and oxygen atoms in total. The molecule has 0 saturated carbocycles. The minimum absolute atomic E-state index is 0.598. The Labute approximate surface area is 301 Å². The summed E-state index contributed by atoms with van der Waals surface area (Å²) >= 11 is 0. The molecule has 2 aromatic heterocycles. The van der Waals surface area contributed by atoms with Gasteiger partial charge >= 0.3 is 0 Å². The molecular weight excluding hydrogens is 637 g/mol. The Morgan fingerprint density at radius 1 is 0.654 bits per heavy atom. The zero-order valence-corrected chi connectivity index (χ0v) is 28.3. The Bertz CT molecular complexity index is 2790. The van der Waals surface area contributed by atoms with Gasteiger partial charge in [-0.25, -0.2) is 9.97 Å². The quantitative estimate of drug-likeness (QED) is 0.187. The highest BCUT2D eigenvalue weighted by Crippen LogP contribution is 2.55. The highest BCUT2D eigenvalue weighted by Gasteiger charge is 2.35. The highest BCUT2D eigenvalue weighted by atomic mass is 16.3. The van der Waals surface area contributed by atoms with Crippen molar-refractivity contribution in [3.8, 4) is 11.3 Å². The van der Waals surface area contributed by atoms with Crippen LogP contribution < -0.4 is 9.80 Å². The smallest absolute Gasteiger partial charge is 0.245 e. The van der Waals surface area contributed by atoms with E-state index in [9.17, 15) is 0 Å². The van der Waals surface area contributed by atoms with E-state index < -0.39 is 0 Å². The standard InChI is InChI=1S/C47H32N4O/c1-2-15-32(16-3-1)50-29-38-35-19-6-9-22-40(35)51(41-23-10-7-20-36(41)44(38)45-34-18-5-4-13-30(34)25-26-42(45)50)33-17-12-14-31(27-33)39-28-48-47-46(49-39)37-21-8-11-24-43(37)52-47/h1-10,12-23,25-28H,11,24,29H2. The summed E-state index contributed by atoms with van der Waals surface area (Å²) in [6.07, 6.45) is 8.01. The molecule has 0 N–H and O–H groups in total. The molecule has 6 aromatic carbocycles. The van der Waals surface area contributed by atoms with E-state index in [1.807, 2.05) is 6.20 Å². The minimum Gasteiger partial charge on any atom is -0.441 e. The SMILES string of the molecule is C1=Cc2c(oc3ncc(-c4cccc(N5c6ccccc6C6=C(c7ccccc75)c5c(ccc7ccccc57)N(c5ccccc5)C6)c4)nc23)CC1. The van der Waals surface area contributed by atoms with E-state index in [1.54, 1.807) is 0 Å². The topological polar surface area (TPSA) is 45.4 Å². The number of fused-ring (bicyclic) bond motifs is 11. The molecule has 8 aromatic rings. The fourth-order valence-corrected chi connectivity index (χ4v) is 8.44. The first-order valence-electron chi connectivity index (χ1n) is 17.9. The monoisotopic (exact) mass is 668 g/mol. The second-order valence-electron chi connectivity index (χ2n) is 13.7. The summed E-state index contributed by atoms with van der Waals surface area (Å²) in [5.41, 5.74) is 16.3. The Kier molecular flexibility index (Phi) is 6.37. The fraction of sp³-hybridized carbons (Fsp3) is 0.0638. The van der Waals surface area contributed by atoms with Gasteiger partial charge in [0.05, 0.1) is 23.3 Å². The lowest BCUT2D eigenvalue weighted by molar-refractivity contribution is 0.537. The molecule has 3 aliphatic rings. The van der Waals surface area contributed by atoms with E-state index in [0.717, 1.165) is 64.5 Å². The molecule has 0 bridgehead atoms. The molecule has 246 valence electrons. The zero-order valence-electron chi connectivity index (χ0n) is 28.3. The molecular formula is C47H32N4O. The van der Waals surface area contributed by atoms with Crippen molar-refractivity contribution < 1.29 is 4.42 Å². The first-order valence-corrected chi connectivity index (χ1v) is 17.9. The van der Waals surface area contributed by atoms with Crippen LogP contribution >= 0.6 is 0 Å². The Balaban J connectivity index is 1.14. The van der Waals surface area contributed by atoms with E-state index in [4.69, 9.17) is 14.4 Å². The third kappa shape index (κ3) is 4.36. The summed E-state index contributed by atoms with van der Waals surface area (Å²) < 4.78 is 6.09. The van der Waals surface area contributed by atoms with Gasteiger partial charge in [-0.1, -0.05) is 109 Å². The van der Waals surface area contributed by atoms with Gasteiger partial charge in [0.25, 0.3) is 0 Å². The fourth-order valence-electron chi connectivity index (χ4n) is 8.44. The Hall–Kier alpha value is -6.72. The molecule has 1 aliphatic carbocycles. The number of aromatic nitrogens is 2. The number of allylic oxidation sites excluding steroid dienone is 1. The van der Waals surface area contributed by atoms with Gasteiger partial charge in [0.2, 0.25) is 5.71 Å². The number of aryl methyl sites for hydroxylation is 1. The van der Waals surface area contributed by atoms with Gasteiger partial charge in [-0.15, -0.1) is 0 Å². The summed E-state index contributed by atoms with van der Waals surface area (Å²) in [5, 5.41) is 2.48. The lowest BCUT2D eigenvalue weighted by Gasteiger charge is -2.35. The number of anilines is 5. The van der Waals surface area contributed by atoms with Crippen LogP contribution in [0.1, 0.15) is 34.4 Å². The maximum absolute atomic E-state index is 6.09. The maximum Gasteiger partial charge on any atom is 0.245 e. The van der Waals surface area contributed by atoms with Crippen molar-refractivity contribution in [2.24, 2.45) is 0 Å². The van der Waals surface area contributed by atoms with E-state index in [0.29, 0.717) is 5.71 Å². The van der Waals surface area contributed by atoms with E-state index in [2.05, 4.69) is 161 Å². The predicted molar refractivity (Wildman–Crippen MR) is 213 cm³/mol. The van der Waals surface area contributed by atoms with Gasteiger partial charge in [-0.05, 0) is 70.8 Å². The van der Waals surface area contributed by atoms with Crippen molar-refractivity contribution in [2.75, 3.05) is 16.3 Å². The molecule has 0 amide bonds. The number of furan rings is 1. The highest BCUT2D eigenvalue weighted by molar-refractivity contribution is 6.17. The summed E-state index contributed by atoms with van der Waals surface area (Å²) in [6, 6.07) is 50.6. The molecule has 0 spiro atoms. The summed E-state index contributed by atoms with van der Waals surface area (Å²) in [6.45, 7) is 0.739. The number of para-hydroxylation sites is 3. The van der Waals surface area contributed by atoms with Crippen molar-refractivity contribution in [2.45, 2.75) is 12.8 Å². The predicted octanol–water partition coefficient (Wildman–Crippen LogP) is 11.9. The molecule has 0 atom stereocenters. The first-order chi connectivity index (χ1) is 25.8. The number of nitrogens with zero attached hydrogens (tertiary/aromatic N) is 4. The van der Waals surface area contributed by atoms with Crippen LogP contribution in [0.15, 0.2) is 156 Å². The maximum atomic E-state index is 6.09. The van der Waals surface area contributed by atoms with Crippen LogP contribution in [0.4, 0.5) is 28.4 Å². The van der Waals surface area contributed by atoms with Crippen LogP contribution in [0.25, 0.3) is 50.5 Å². The van der Waals surface area contributed by atoms with E-state index >= 15 is 0 Å². The van der Waals surface area contributed by atoms with Crippen LogP contribution in [-0.4, -0.2) is 16.5 Å². The van der Waals surface area contributed by atoms with Gasteiger partial charge in [0, 0.05) is 57.8 Å². The van der Waals surface area contributed by atoms with Crippen LogP contribution in [-0.2, 0) is 6.42 Å². The lowest BCUT2D eigenvalue weighted by atomic mass is 9.82. The molecule has 0 fully saturated rings. The van der Waals surface area contributed by atoms with Crippen LogP contribution in [0.5, 0.6) is 0 Å². The second kappa shape index (κ2) is 11.4. The van der Waals surface area contributed by atoms with Crippen LogP contribution in [0.3, 0.4) is 0 Å². The van der Waals surface area contributed by atoms with Gasteiger partial charge < -0.3 is 14.2 Å². The normalized spacial score (nSPS) is 14.5. The van der Waals surface area contributed by atoms with E-state index in [-0.39, 0.29) is 0 Å². The second-order valence-corrected chi connectivity index (χ2v) is 13.7. The van der Waals surface area contributed by atoms with Gasteiger partial charge in [-0.2, -0.15) is 0 Å². The largest absolute Gasteiger partial charge is 0.441 e. The van der Waals surface area contributed by atoms with E-state index in [1.165, 1.54) is 50.0 Å². The number of rotatable bonds is 3. The summed E-state index contributed by atoms with van der Waals surface area (Å²) in [5.74, 6) is 0.970. The van der Waals surface area contributed by atoms with Gasteiger partial charge in [-0.3, -0.25) is 0 Å². The average Bonchev–Trinajstić information content (AvgIpc) is 3.53. The van der Waals surface area contributed by atoms with Crippen molar-refractivity contribution in [3.63, 3.8) is 0 Å². The molecule has 0 unspecified atom stereocenters. The van der Waals surface area contributed by atoms with Gasteiger partial charge in [0.15, 0.2) is 0 Å². The third-order valence-electron chi connectivity index (χ3n) is 10.8. The molecule has 0 radical (unpaired) electrons. The molecule has 4 heterocycles. The molecule has 52 heavy (non-hydrogen) atoms. The Morgan fingerprint density at radius 2 is 1.42 bits per heavy atom.